The van der Waals surface area contributed by atoms with Crippen LogP contribution in [0.2, 0.25) is 0 Å². The number of carbonyl (C=O) groups is 1. The second-order valence-electron chi connectivity index (χ2n) is 9.73. The van der Waals surface area contributed by atoms with Crippen molar-refractivity contribution in [2.45, 2.75) is 25.8 Å². The highest BCUT2D eigenvalue weighted by Gasteiger charge is 2.28. The van der Waals surface area contributed by atoms with Crippen LogP contribution in [0.1, 0.15) is 28.9 Å². The van der Waals surface area contributed by atoms with E-state index >= 15 is 4.39 Å². The number of anilines is 1. The van der Waals surface area contributed by atoms with E-state index in [2.05, 4.69) is 10.3 Å². The maximum Gasteiger partial charge on any atom is 0.284 e. The molecule has 3 heterocycles. The molecule has 42 heavy (non-hydrogen) atoms. The van der Waals surface area contributed by atoms with Crippen LogP contribution in [0.25, 0.3) is 16.6 Å². The molecule has 0 fully saturated rings. The molecule has 1 aliphatic heterocycles. The van der Waals surface area contributed by atoms with Gasteiger partial charge in [0.15, 0.2) is 23.1 Å². The monoisotopic (exact) mass is 572 g/mol. The molecule has 6 rings (SSSR count). The summed E-state index contributed by atoms with van der Waals surface area (Å²) in [5.41, 5.74) is 1.22. The van der Waals surface area contributed by atoms with Crippen LogP contribution in [0.3, 0.4) is 0 Å². The SMILES string of the molecule is COc1cc2nccc(Oc3ccc(NC(=O)c4c5n(n(-c6ccc(F)cc6)c4=O)CCCC5)cc3F)c2cc1OC. The number of rotatable bonds is 7. The van der Waals surface area contributed by atoms with Crippen LogP contribution in [0.5, 0.6) is 23.0 Å². The van der Waals surface area contributed by atoms with Crippen LogP contribution in [0.15, 0.2) is 71.7 Å². The Morgan fingerprint density at radius 1 is 0.905 bits per heavy atom. The molecular weight excluding hydrogens is 546 g/mol. The number of halogens is 2. The van der Waals surface area contributed by atoms with Crippen molar-refractivity contribution < 1.29 is 27.8 Å². The summed E-state index contributed by atoms with van der Waals surface area (Å²) in [7, 11) is 3.03. The maximum atomic E-state index is 15.2. The number of carbonyl (C=O) groups excluding carboxylic acids is 1. The Morgan fingerprint density at radius 3 is 2.40 bits per heavy atom. The summed E-state index contributed by atoms with van der Waals surface area (Å²) in [6.07, 6.45) is 3.72. The normalized spacial score (nSPS) is 12.6. The van der Waals surface area contributed by atoms with Crippen molar-refractivity contribution >= 4 is 22.5 Å². The standard InChI is InChI=1S/C31H26F2N4O5/c1-40-27-16-21-23(17-28(27)41-2)34-13-12-25(21)42-26-11-8-19(15-22(26)33)35-30(38)29-24-5-3-4-14-36(24)37(31(29)39)20-9-6-18(32)7-10-20/h6-13,15-17H,3-5,14H2,1-2H3,(H,35,38). The number of methoxy groups -OCH3 is 2. The number of ether oxygens (including phenoxy) is 3. The maximum absolute atomic E-state index is 15.2. The van der Waals surface area contributed by atoms with Gasteiger partial charge in [0.05, 0.1) is 31.1 Å². The van der Waals surface area contributed by atoms with Crippen LogP contribution in [-0.2, 0) is 13.0 Å². The summed E-state index contributed by atoms with van der Waals surface area (Å²) in [5.74, 6) is -0.570. The van der Waals surface area contributed by atoms with E-state index in [1.807, 2.05) is 0 Å². The number of hydrogen-bond acceptors (Lipinski definition) is 6. The molecule has 0 aliphatic carbocycles. The third-order valence-corrected chi connectivity index (χ3v) is 7.20. The first-order valence-corrected chi connectivity index (χ1v) is 13.3. The van der Waals surface area contributed by atoms with Gasteiger partial charge in [-0.3, -0.25) is 19.3 Å². The number of benzene rings is 3. The Morgan fingerprint density at radius 2 is 1.67 bits per heavy atom. The van der Waals surface area contributed by atoms with Crippen molar-refractivity contribution in [3.05, 3.63) is 100 Å². The smallest absolute Gasteiger partial charge is 0.284 e. The fourth-order valence-electron chi connectivity index (χ4n) is 5.21. The summed E-state index contributed by atoms with van der Waals surface area (Å²) in [5, 5.41) is 3.24. The Bertz CT molecular complexity index is 1880. The average molecular weight is 573 g/mol. The third-order valence-electron chi connectivity index (χ3n) is 7.20. The zero-order valence-corrected chi connectivity index (χ0v) is 22.8. The molecule has 1 amide bonds. The summed E-state index contributed by atoms with van der Waals surface area (Å²) >= 11 is 0. The first-order valence-electron chi connectivity index (χ1n) is 13.3. The zero-order valence-electron chi connectivity index (χ0n) is 22.8. The lowest BCUT2D eigenvalue weighted by Gasteiger charge is -2.19. The molecule has 3 aromatic carbocycles. The molecule has 0 radical (unpaired) electrons. The molecule has 11 heteroatoms. The van der Waals surface area contributed by atoms with Gasteiger partial charge in [0, 0.05) is 35.9 Å². The van der Waals surface area contributed by atoms with Crippen molar-refractivity contribution in [3.63, 3.8) is 0 Å². The van der Waals surface area contributed by atoms with Crippen molar-refractivity contribution in [1.82, 2.24) is 14.3 Å². The van der Waals surface area contributed by atoms with Gasteiger partial charge in [-0.05, 0) is 67.8 Å². The highest BCUT2D eigenvalue weighted by Crippen LogP contribution is 2.37. The Labute approximate surface area is 238 Å². The molecule has 5 aromatic rings. The third kappa shape index (κ3) is 4.83. The number of amides is 1. The molecule has 0 spiro atoms. The van der Waals surface area contributed by atoms with E-state index in [1.54, 1.807) is 22.9 Å². The molecular formula is C31H26F2N4O5. The van der Waals surface area contributed by atoms with E-state index in [9.17, 15) is 14.0 Å². The van der Waals surface area contributed by atoms with E-state index in [1.165, 1.54) is 61.5 Å². The minimum Gasteiger partial charge on any atom is -0.493 e. The lowest BCUT2D eigenvalue weighted by Crippen LogP contribution is -2.26. The second-order valence-corrected chi connectivity index (χ2v) is 9.73. The second kappa shape index (κ2) is 11.0. The molecule has 2 aromatic heterocycles. The molecule has 0 unspecified atom stereocenters. The van der Waals surface area contributed by atoms with Gasteiger partial charge in [0.1, 0.15) is 17.1 Å². The lowest BCUT2D eigenvalue weighted by molar-refractivity contribution is 0.102. The molecule has 1 N–H and O–H groups in total. The summed E-state index contributed by atoms with van der Waals surface area (Å²) in [4.78, 5) is 31.2. The van der Waals surface area contributed by atoms with Gasteiger partial charge in [-0.15, -0.1) is 0 Å². The number of nitrogens with one attached hydrogen (secondary N) is 1. The molecule has 0 atom stereocenters. The first kappa shape index (κ1) is 27.0. The molecule has 1 aliphatic rings. The van der Waals surface area contributed by atoms with Gasteiger partial charge in [-0.25, -0.2) is 13.5 Å². The summed E-state index contributed by atoms with van der Waals surface area (Å²) in [6.45, 7) is 0.540. The fourth-order valence-corrected chi connectivity index (χ4v) is 5.21. The highest BCUT2D eigenvalue weighted by atomic mass is 19.1. The van der Waals surface area contributed by atoms with Crippen LogP contribution < -0.4 is 25.1 Å². The van der Waals surface area contributed by atoms with Gasteiger partial charge in [0.25, 0.3) is 11.5 Å². The summed E-state index contributed by atoms with van der Waals surface area (Å²) in [6, 6.07) is 14.5. The van der Waals surface area contributed by atoms with E-state index < -0.39 is 23.1 Å². The quantitative estimate of drug-likeness (QED) is 0.262. The van der Waals surface area contributed by atoms with Crippen LogP contribution in [0, 0.1) is 11.6 Å². The number of pyridine rings is 1. The highest BCUT2D eigenvalue weighted by molar-refractivity contribution is 6.05. The van der Waals surface area contributed by atoms with Gasteiger partial charge in [-0.2, -0.15) is 0 Å². The topological polar surface area (TPSA) is 96.6 Å². The molecule has 0 saturated heterocycles. The zero-order chi connectivity index (χ0) is 29.4. The van der Waals surface area contributed by atoms with Gasteiger partial charge in [-0.1, -0.05) is 0 Å². The van der Waals surface area contributed by atoms with Crippen molar-refractivity contribution in [2.75, 3.05) is 19.5 Å². The molecule has 0 saturated carbocycles. The number of aromatic nitrogens is 3. The van der Waals surface area contributed by atoms with Gasteiger partial charge >= 0.3 is 0 Å². The van der Waals surface area contributed by atoms with E-state index in [-0.39, 0.29) is 17.0 Å². The van der Waals surface area contributed by atoms with Crippen molar-refractivity contribution in [3.8, 4) is 28.7 Å². The molecule has 9 nitrogen and oxygen atoms in total. The van der Waals surface area contributed by atoms with Crippen molar-refractivity contribution in [1.29, 1.82) is 0 Å². The predicted molar refractivity (Wildman–Crippen MR) is 152 cm³/mol. The minimum atomic E-state index is -0.721. The Hall–Kier alpha value is -5.19. The van der Waals surface area contributed by atoms with E-state index in [4.69, 9.17) is 14.2 Å². The molecule has 214 valence electrons. The van der Waals surface area contributed by atoms with E-state index in [0.717, 1.165) is 18.9 Å². The number of hydrogen-bond donors (Lipinski definition) is 1. The first-order chi connectivity index (χ1) is 20.4. The van der Waals surface area contributed by atoms with Crippen LogP contribution in [0.4, 0.5) is 14.5 Å². The number of nitrogens with zero attached hydrogens (tertiary/aromatic N) is 3. The van der Waals surface area contributed by atoms with Crippen molar-refractivity contribution in [2.24, 2.45) is 0 Å². The Kier molecular flexibility index (Phi) is 7.07. The van der Waals surface area contributed by atoms with Gasteiger partial charge < -0.3 is 19.5 Å². The minimum absolute atomic E-state index is 0.0209. The average Bonchev–Trinajstić information content (AvgIpc) is 3.30. The largest absolute Gasteiger partial charge is 0.493 e. The van der Waals surface area contributed by atoms with E-state index in [0.29, 0.717) is 52.5 Å². The molecule has 0 bridgehead atoms. The fraction of sp³-hybridized carbons (Fsp3) is 0.194. The predicted octanol–water partition coefficient (Wildman–Crippen LogP) is 5.86. The number of fused-ring (bicyclic) bond motifs is 2. The lowest BCUT2D eigenvalue weighted by atomic mass is 10.1. The van der Waals surface area contributed by atoms with Gasteiger partial charge in [0.2, 0.25) is 0 Å². The Balaban J connectivity index is 1.28. The summed E-state index contributed by atoms with van der Waals surface area (Å²) < 4.78 is 48.5. The van der Waals surface area contributed by atoms with Crippen LogP contribution >= 0.6 is 0 Å². The van der Waals surface area contributed by atoms with Crippen LogP contribution in [-0.4, -0.2) is 34.5 Å².